The number of nitrogens with one attached hydrogen (secondary N) is 1. The van der Waals surface area contributed by atoms with Crippen LogP contribution in [-0.2, 0) is 9.53 Å². The van der Waals surface area contributed by atoms with Gasteiger partial charge in [0, 0.05) is 0 Å². The standard InChI is InChI=1S/C5H9NO4/c1-2-3(4(7)8)6-5(9)10-2/h2-3,5-6,9H,1H3,(H,7,8)/t2-,3+,5?/m1/s1. The number of ether oxygens (including phenoxy) is 1. The van der Waals surface area contributed by atoms with Crippen LogP contribution in [0.3, 0.4) is 0 Å². The summed E-state index contributed by atoms with van der Waals surface area (Å²) in [6, 6.07) is -0.796. The molecule has 0 aliphatic carbocycles. The van der Waals surface area contributed by atoms with Crippen LogP contribution in [0.1, 0.15) is 6.92 Å². The van der Waals surface area contributed by atoms with Crippen molar-refractivity contribution >= 4 is 5.97 Å². The Balaban J connectivity index is 2.54. The van der Waals surface area contributed by atoms with Gasteiger partial charge in [-0.15, -0.1) is 0 Å². The molecular formula is C5H9NO4. The summed E-state index contributed by atoms with van der Waals surface area (Å²) < 4.78 is 4.70. The molecule has 5 heteroatoms. The van der Waals surface area contributed by atoms with Crippen LogP contribution in [0.25, 0.3) is 0 Å². The number of carboxylic acids is 1. The molecule has 1 saturated heterocycles. The van der Waals surface area contributed by atoms with E-state index in [1.165, 1.54) is 0 Å². The topological polar surface area (TPSA) is 78.8 Å². The Kier molecular flexibility index (Phi) is 1.89. The number of hydrogen-bond acceptors (Lipinski definition) is 4. The van der Waals surface area contributed by atoms with Crippen LogP contribution in [0.15, 0.2) is 0 Å². The molecule has 1 aliphatic heterocycles. The highest BCUT2D eigenvalue weighted by Crippen LogP contribution is 2.09. The minimum atomic E-state index is -1.14. The molecule has 3 atom stereocenters. The average Bonchev–Trinajstić information content (AvgIpc) is 2.10. The van der Waals surface area contributed by atoms with Gasteiger partial charge in [0.25, 0.3) is 0 Å². The van der Waals surface area contributed by atoms with E-state index < -0.39 is 24.5 Å². The van der Waals surface area contributed by atoms with E-state index in [4.69, 9.17) is 14.9 Å². The van der Waals surface area contributed by atoms with Gasteiger partial charge < -0.3 is 14.9 Å². The van der Waals surface area contributed by atoms with Crippen LogP contribution in [0.4, 0.5) is 0 Å². The second-order valence-corrected chi connectivity index (χ2v) is 2.18. The fourth-order valence-electron chi connectivity index (χ4n) is 0.882. The van der Waals surface area contributed by atoms with Gasteiger partial charge >= 0.3 is 5.97 Å². The highest BCUT2D eigenvalue weighted by Gasteiger charge is 2.35. The Hall–Kier alpha value is -0.650. The molecule has 3 N–H and O–H groups in total. The van der Waals surface area contributed by atoms with Gasteiger partial charge in [0.2, 0.25) is 6.41 Å². The van der Waals surface area contributed by atoms with Crippen molar-refractivity contribution < 1.29 is 19.7 Å². The molecule has 0 saturated carbocycles. The van der Waals surface area contributed by atoms with Crippen molar-refractivity contribution in [3.63, 3.8) is 0 Å². The van der Waals surface area contributed by atoms with E-state index in [1.807, 2.05) is 0 Å². The maximum Gasteiger partial charge on any atom is 0.323 e. The summed E-state index contributed by atoms with van der Waals surface area (Å²) in [6.45, 7) is 1.59. The predicted molar refractivity (Wildman–Crippen MR) is 31.1 cm³/mol. The van der Waals surface area contributed by atoms with Gasteiger partial charge in [-0.3, -0.25) is 10.1 Å². The zero-order valence-electron chi connectivity index (χ0n) is 5.44. The number of aliphatic hydroxyl groups is 1. The van der Waals surface area contributed by atoms with E-state index in [0.717, 1.165) is 0 Å². The van der Waals surface area contributed by atoms with Gasteiger partial charge in [0.05, 0.1) is 6.10 Å². The summed E-state index contributed by atoms with van der Waals surface area (Å²) in [4.78, 5) is 10.3. The molecule has 58 valence electrons. The molecule has 0 bridgehead atoms. The lowest BCUT2D eigenvalue weighted by molar-refractivity contribution is -0.140. The predicted octanol–water partition coefficient (Wildman–Crippen LogP) is -1.28. The zero-order valence-corrected chi connectivity index (χ0v) is 5.44. The van der Waals surface area contributed by atoms with E-state index in [9.17, 15) is 4.79 Å². The summed E-state index contributed by atoms with van der Waals surface area (Å²) in [7, 11) is 0. The fraction of sp³-hybridized carbons (Fsp3) is 0.800. The molecule has 10 heavy (non-hydrogen) atoms. The third-order valence-corrected chi connectivity index (χ3v) is 1.40. The second-order valence-electron chi connectivity index (χ2n) is 2.18. The Bertz CT molecular complexity index is 149. The number of rotatable bonds is 1. The Labute approximate surface area is 57.6 Å². The van der Waals surface area contributed by atoms with E-state index in [1.54, 1.807) is 6.92 Å². The van der Waals surface area contributed by atoms with Gasteiger partial charge in [0.1, 0.15) is 6.04 Å². The van der Waals surface area contributed by atoms with E-state index in [2.05, 4.69) is 5.32 Å². The molecule has 1 unspecified atom stereocenters. The molecule has 0 aromatic rings. The SMILES string of the molecule is C[C@H]1OC(O)N[C@@H]1C(=O)O. The van der Waals surface area contributed by atoms with Crippen molar-refractivity contribution in [2.45, 2.75) is 25.5 Å². The van der Waals surface area contributed by atoms with Gasteiger partial charge in [-0.05, 0) is 6.92 Å². The molecule has 0 spiro atoms. The van der Waals surface area contributed by atoms with Crippen LogP contribution >= 0.6 is 0 Å². The molecule has 1 aliphatic rings. The summed E-state index contributed by atoms with van der Waals surface area (Å²) in [5.41, 5.74) is 0. The van der Waals surface area contributed by atoms with Crippen molar-refractivity contribution in [1.82, 2.24) is 5.32 Å². The Morgan fingerprint density at radius 1 is 1.70 bits per heavy atom. The zero-order chi connectivity index (χ0) is 7.72. The van der Waals surface area contributed by atoms with Crippen LogP contribution in [0.2, 0.25) is 0 Å². The number of aliphatic carboxylic acids is 1. The van der Waals surface area contributed by atoms with E-state index >= 15 is 0 Å². The quantitative estimate of drug-likeness (QED) is 0.430. The monoisotopic (exact) mass is 147 g/mol. The van der Waals surface area contributed by atoms with Crippen molar-refractivity contribution in [3.05, 3.63) is 0 Å². The van der Waals surface area contributed by atoms with E-state index in [0.29, 0.717) is 0 Å². The van der Waals surface area contributed by atoms with Crippen molar-refractivity contribution in [3.8, 4) is 0 Å². The molecule has 1 heterocycles. The van der Waals surface area contributed by atoms with Crippen molar-refractivity contribution in [2.24, 2.45) is 0 Å². The molecule has 0 amide bonds. The number of carboxylic acid groups (broad SMARTS) is 1. The van der Waals surface area contributed by atoms with E-state index in [-0.39, 0.29) is 0 Å². The maximum absolute atomic E-state index is 10.3. The van der Waals surface area contributed by atoms with Gasteiger partial charge in [-0.25, -0.2) is 0 Å². The minimum Gasteiger partial charge on any atom is -0.480 e. The average molecular weight is 147 g/mol. The molecule has 1 fully saturated rings. The first-order valence-corrected chi connectivity index (χ1v) is 2.93. The van der Waals surface area contributed by atoms with Gasteiger partial charge in [0.15, 0.2) is 0 Å². The van der Waals surface area contributed by atoms with Crippen LogP contribution < -0.4 is 5.32 Å². The fourth-order valence-corrected chi connectivity index (χ4v) is 0.882. The Morgan fingerprint density at radius 2 is 2.30 bits per heavy atom. The summed E-state index contributed by atoms with van der Waals surface area (Å²) in [5.74, 6) is -1.01. The first-order valence-electron chi connectivity index (χ1n) is 2.93. The normalized spacial score (nSPS) is 40.0. The number of hydrogen-bond donors (Lipinski definition) is 3. The first kappa shape index (κ1) is 7.46. The lowest BCUT2D eigenvalue weighted by Gasteiger charge is -2.05. The lowest BCUT2D eigenvalue weighted by Crippen LogP contribution is -2.39. The summed E-state index contributed by atoms with van der Waals surface area (Å²) in [6.07, 6.45) is -1.62. The third-order valence-electron chi connectivity index (χ3n) is 1.40. The molecule has 0 aromatic carbocycles. The Morgan fingerprint density at radius 3 is 2.50 bits per heavy atom. The van der Waals surface area contributed by atoms with Crippen LogP contribution in [0, 0.1) is 0 Å². The second kappa shape index (κ2) is 2.53. The van der Waals surface area contributed by atoms with Crippen LogP contribution in [0.5, 0.6) is 0 Å². The number of carbonyl (C=O) groups is 1. The van der Waals surface area contributed by atoms with Gasteiger partial charge in [-0.2, -0.15) is 0 Å². The molecule has 1 rings (SSSR count). The molecule has 0 aromatic heterocycles. The van der Waals surface area contributed by atoms with Crippen molar-refractivity contribution in [2.75, 3.05) is 0 Å². The largest absolute Gasteiger partial charge is 0.480 e. The highest BCUT2D eigenvalue weighted by atomic mass is 16.6. The maximum atomic E-state index is 10.3. The number of aliphatic hydroxyl groups excluding tert-OH is 1. The molecule has 5 nitrogen and oxygen atoms in total. The lowest BCUT2D eigenvalue weighted by atomic mass is 10.2. The molecule has 0 radical (unpaired) electrons. The minimum absolute atomic E-state index is 0.479. The summed E-state index contributed by atoms with van der Waals surface area (Å²) >= 11 is 0. The highest BCUT2D eigenvalue weighted by molar-refractivity contribution is 5.74. The third kappa shape index (κ3) is 1.26. The molecular weight excluding hydrogens is 138 g/mol. The first-order chi connectivity index (χ1) is 4.61. The van der Waals surface area contributed by atoms with Gasteiger partial charge in [-0.1, -0.05) is 0 Å². The summed E-state index contributed by atoms with van der Waals surface area (Å²) in [5, 5.41) is 19.5. The smallest absolute Gasteiger partial charge is 0.323 e. The van der Waals surface area contributed by atoms with Crippen molar-refractivity contribution in [1.29, 1.82) is 0 Å². The van der Waals surface area contributed by atoms with Crippen LogP contribution in [-0.4, -0.2) is 34.7 Å².